The minimum atomic E-state index is -2.00. The summed E-state index contributed by atoms with van der Waals surface area (Å²) in [5.74, 6) is -0.984. The fourth-order valence-electron chi connectivity index (χ4n) is 3.65. The topological polar surface area (TPSA) is 99.8 Å². The van der Waals surface area contributed by atoms with Crippen molar-refractivity contribution in [2.75, 3.05) is 17.3 Å². The molecular weight excluding hydrogens is 559 g/mol. The zero-order valence-electron chi connectivity index (χ0n) is 19.1. The average Bonchev–Trinajstić information content (AvgIpc) is 3.13. The van der Waals surface area contributed by atoms with Crippen LogP contribution in [0.3, 0.4) is 0 Å². The number of hydrogen-bond acceptors (Lipinski definition) is 5. The highest BCUT2D eigenvalue weighted by atomic mass is 35.6. The average molecular weight is 578 g/mol. The summed E-state index contributed by atoms with van der Waals surface area (Å²) in [6, 6.07) is 19.6. The van der Waals surface area contributed by atoms with Crippen molar-refractivity contribution >= 4 is 81.2 Å². The van der Waals surface area contributed by atoms with Gasteiger partial charge in [0.1, 0.15) is 11.9 Å². The molecule has 4 rings (SSSR count). The van der Waals surface area contributed by atoms with Gasteiger partial charge in [-0.2, -0.15) is 0 Å². The largest absolute Gasteiger partial charge is 0.497 e. The van der Waals surface area contributed by atoms with Gasteiger partial charge < -0.3 is 20.7 Å². The summed E-state index contributed by atoms with van der Waals surface area (Å²) in [5, 5.41) is 8.23. The van der Waals surface area contributed by atoms with Gasteiger partial charge in [-0.1, -0.05) is 65.1 Å². The summed E-state index contributed by atoms with van der Waals surface area (Å²) in [6.07, 6.45) is -1.25. The second-order valence-electron chi connectivity index (χ2n) is 7.79. The number of nitrogens with one attached hydrogen (secondary N) is 3. The van der Waals surface area contributed by atoms with Gasteiger partial charge in [0.05, 0.1) is 29.6 Å². The van der Waals surface area contributed by atoms with Crippen molar-refractivity contribution in [3.63, 3.8) is 0 Å². The molecule has 0 spiro atoms. The monoisotopic (exact) mass is 576 g/mol. The third-order valence-corrected chi connectivity index (χ3v) is 6.27. The fourth-order valence-corrected chi connectivity index (χ4v) is 4.21. The Kier molecular flexibility index (Phi) is 7.89. The van der Waals surface area contributed by atoms with Gasteiger partial charge in [0.25, 0.3) is 17.7 Å². The fraction of sp³-hybridized carbons (Fsp3) is 0.120. The van der Waals surface area contributed by atoms with E-state index in [0.717, 1.165) is 4.90 Å². The van der Waals surface area contributed by atoms with Gasteiger partial charge >= 0.3 is 0 Å². The van der Waals surface area contributed by atoms with Gasteiger partial charge in [0, 0.05) is 5.56 Å². The van der Waals surface area contributed by atoms with Gasteiger partial charge in [-0.05, 0) is 54.7 Å². The lowest BCUT2D eigenvalue weighted by Gasteiger charge is -2.28. The van der Waals surface area contributed by atoms with Crippen molar-refractivity contribution in [2.24, 2.45) is 0 Å². The first kappa shape index (κ1) is 26.7. The van der Waals surface area contributed by atoms with E-state index < -0.39 is 27.7 Å². The Hall–Kier alpha value is -3.37. The second-order valence-corrected chi connectivity index (χ2v) is 10.6. The zero-order chi connectivity index (χ0) is 26.7. The van der Waals surface area contributed by atoms with Crippen LogP contribution in [0.5, 0.6) is 5.75 Å². The molecule has 1 aliphatic heterocycles. The first-order valence-electron chi connectivity index (χ1n) is 10.8. The molecule has 3 aromatic carbocycles. The van der Waals surface area contributed by atoms with Gasteiger partial charge in [0.2, 0.25) is 3.79 Å². The van der Waals surface area contributed by atoms with Gasteiger partial charge in [-0.25, -0.2) is 4.90 Å². The molecule has 190 valence electrons. The third kappa shape index (κ3) is 5.80. The highest BCUT2D eigenvalue weighted by Gasteiger charge is 2.38. The molecule has 1 heterocycles. The van der Waals surface area contributed by atoms with Crippen molar-refractivity contribution in [3.05, 3.63) is 89.5 Å². The second kappa shape index (κ2) is 10.9. The van der Waals surface area contributed by atoms with Crippen LogP contribution in [0.1, 0.15) is 31.1 Å². The number of imide groups is 1. The van der Waals surface area contributed by atoms with E-state index in [9.17, 15) is 14.4 Å². The van der Waals surface area contributed by atoms with Crippen molar-refractivity contribution in [1.29, 1.82) is 0 Å². The molecule has 0 aliphatic carbocycles. The van der Waals surface area contributed by atoms with E-state index in [1.54, 1.807) is 66.7 Å². The summed E-state index contributed by atoms with van der Waals surface area (Å²) in [7, 11) is 1.48. The maximum absolute atomic E-state index is 13.0. The summed E-state index contributed by atoms with van der Waals surface area (Å²) in [6.45, 7) is 0. The maximum Gasteiger partial charge on any atom is 0.266 e. The molecule has 0 bridgehead atoms. The molecule has 0 saturated heterocycles. The number of para-hydroxylation sites is 2. The Morgan fingerprint density at radius 1 is 0.919 bits per heavy atom. The lowest BCUT2D eigenvalue weighted by molar-refractivity contribution is 0.0918. The van der Waals surface area contributed by atoms with Crippen LogP contribution in [0.25, 0.3) is 0 Å². The van der Waals surface area contributed by atoms with E-state index in [4.69, 9.17) is 51.8 Å². The van der Waals surface area contributed by atoms with E-state index in [1.165, 1.54) is 13.2 Å². The molecule has 0 fully saturated rings. The molecule has 1 atom stereocenters. The number of ether oxygens (including phenoxy) is 1. The number of thiocarbonyl (C=S) groups is 1. The Bertz CT molecular complexity index is 1360. The molecule has 0 aromatic heterocycles. The molecule has 37 heavy (non-hydrogen) atoms. The highest BCUT2D eigenvalue weighted by molar-refractivity contribution is 7.80. The van der Waals surface area contributed by atoms with Crippen molar-refractivity contribution < 1.29 is 19.1 Å². The number of carbonyl (C=O) groups excluding carboxylic acids is 3. The number of fused-ring (bicyclic) bond motifs is 1. The molecule has 8 nitrogen and oxygen atoms in total. The summed E-state index contributed by atoms with van der Waals surface area (Å²) in [4.78, 5) is 39.8. The standard InChI is InChI=1S/C25H19Cl3N4O4S/c1-36-15-8-6-7-14(13-15)20(33)30-23(25(26,27)28)31-24(37)29-18-11-4-5-12-19(18)32-21(34)16-9-2-3-10-17(16)22(32)35/h2-13,23H,1H3,(H,30,33)(H2,29,31,37). The van der Waals surface area contributed by atoms with Crippen LogP contribution in [0.15, 0.2) is 72.8 Å². The molecule has 3 amide bonds. The number of carbonyl (C=O) groups is 3. The molecule has 1 aliphatic rings. The predicted molar refractivity (Wildman–Crippen MR) is 148 cm³/mol. The number of amides is 3. The Labute approximate surface area is 232 Å². The number of benzene rings is 3. The van der Waals surface area contributed by atoms with Crippen LogP contribution < -0.4 is 25.6 Å². The Balaban J connectivity index is 1.52. The summed E-state index contributed by atoms with van der Waals surface area (Å²) >= 11 is 23.7. The number of anilines is 2. The minimum absolute atomic E-state index is 0.0358. The third-order valence-electron chi connectivity index (χ3n) is 5.40. The number of nitrogens with zero attached hydrogens (tertiary/aromatic N) is 1. The van der Waals surface area contributed by atoms with Crippen LogP contribution in [-0.4, -0.2) is 39.9 Å². The first-order chi connectivity index (χ1) is 17.6. The van der Waals surface area contributed by atoms with Crippen molar-refractivity contribution in [2.45, 2.75) is 9.96 Å². The van der Waals surface area contributed by atoms with Gasteiger partial charge in [-0.3, -0.25) is 14.4 Å². The zero-order valence-corrected chi connectivity index (χ0v) is 22.2. The predicted octanol–water partition coefficient (Wildman–Crippen LogP) is 4.91. The lowest BCUT2D eigenvalue weighted by Crippen LogP contribution is -2.56. The van der Waals surface area contributed by atoms with E-state index in [-0.39, 0.29) is 16.4 Å². The van der Waals surface area contributed by atoms with Crippen LogP contribution in [0.2, 0.25) is 0 Å². The highest BCUT2D eigenvalue weighted by Crippen LogP contribution is 2.34. The van der Waals surface area contributed by atoms with Crippen molar-refractivity contribution in [3.8, 4) is 5.75 Å². The molecule has 3 aromatic rings. The van der Waals surface area contributed by atoms with Crippen LogP contribution >= 0.6 is 47.0 Å². The van der Waals surface area contributed by atoms with Crippen molar-refractivity contribution in [1.82, 2.24) is 10.6 Å². The van der Waals surface area contributed by atoms with E-state index in [1.807, 2.05) is 0 Å². The quantitative estimate of drug-likeness (QED) is 0.166. The minimum Gasteiger partial charge on any atom is -0.497 e. The van der Waals surface area contributed by atoms with Crippen LogP contribution in [-0.2, 0) is 0 Å². The molecule has 0 saturated carbocycles. The smallest absolute Gasteiger partial charge is 0.266 e. The molecule has 12 heteroatoms. The number of rotatable bonds is 6. The molecular formula is C25H19Cl3N4O4S. The first-order valence-corrected chi connectivity index (χ1v) is 12.3. The lowest BCUT2D eigenvalue weighted by atomic mass is 10.1. The van der Waals surface area contributed by atoms with Crippen LogP contribution in [0.4, 0.5) is 11.4 Å². The SMILES string of the molecule is COc1cccc(C(=O)NC(NC(=S)Nc2ccccc2N2C(=O)c3ccccc3C2=O)C(Cl)(Cl)Cl)c1. The van der Waals surface area contributed by atoms with E-state index in [2.05, 4.69) is 16.0 Å². The van der Waals surface area contributed by atoms with Gasteiger partial charge in [0.15, 0.2) is 5.11 Å². The number of methoxy groups -OCH3 is 1. The summed E-state index contributed by atoms with van der Waals surface area (Å²) in [5.41, 5.74) is 1.51. The molecule has 1 unspecified atom stereocenters. The number of halogens is 3. The summed E-state index contributed by atoms with van der Waals surface area (Å²) < 4.78 is 3.14. The maximum atomic E-state index is 13.0. The Morgan fingerprint density at radius 2 is 1.54 bits per heavy atom. The van der Waals surface area contributed by atoms with E-state index >= 15 is 0 Å². The normalized spacial score (nSPS) is 13.6. The van der Waals surface area contributed by atoms with E-state index in [0.29, 0.717) is 22.6 Å². The van der Waals surface area contributed by atoms with Crippen LogP contribution in [0, 0.1) is 0 Å². The molecule has 3 N–H and O–H groups in total. The number of alkyl halides is 3. The molecule has 0 radical (unpaired) electrons. The Morgan fingerprint density at radius 3 is 2.16 bits per heavy atom. The van der Waals surface area contributed by atoms with Gasteiger partial charge in [-0.15, -0.1) is 0 Å². The number of hydrogen-bond donors (Lipinski definition) is 3.